The zero-order chi connectivity index (χ0) is 12.0. The molecule has 0 bridgehead atoms. The van der Waals surface area contributed by atoms with Crippen LogP contribution in [0.2, 0.25) is 0 Å². The van der Waals surface area contributed by atoms with Crippen LogP contribution in [0.5, 0.6) is 5.75 Å². The fourth-order valence-electron chi connectivity index (χ4n) is 1.29. The van der Waals surface area contributed by atoms with Crippen LogP contribution in [0.1, 0.15) is 11.1 Å². The fourth-order valence-corrected chi connectivity index (χ4v) is 2.19. The first-order valence-electron chi connectivity index (χ1n) is 4.74. The van der Waals surface area contributed by atoms with Crippen molar-refractivity contribution < 1.29 is 14.1 Å². The van der Waals surface area contributed by atoms with Crippen molar-refractivity contribution in [2.45, 2.75) is 5.75 Å². The zero-order valence-electron chi connectivity index (χ0n) is 8.97. The maximum absolute atomic E-state index is 11.4. The van der Waals surface area contributed by atoms with Crippen molar-refractivity contribution in [2.75, 3.05) is 19.5 Å². The predicted molar refractivity (Wildman–Crippen MR) is 61.5 cm³/mol. The molecule has 0 aliphatic rings. The van der Waals surface area contributed by atoms with Gasteiger partial charge in [0.05, 0.1) is 19.3 Å². The lowest BCUT2D eigenvalue weighted by atomic mass is 10.1. The number of ether oxygens (including phenoxy) is 1. The summed E-state index contributed by atoms with van der Waals surface area (Å²) >= 11 is 0. The molecule has 0 radical (unpaired) electrons. The van der Waals surface area contributed by atoms with Crippen LogP contribution < -0.4 is 4.74 Å². The summed E-state index contributed by atoms with van der Waals surface area (Å²) in [5.41, 5.74) is 1.24. The van der Waals surface area contributed by atoms with Crippen LogP contribution in [-0.2, 0) is 16.6 Å². The third kappa shape index (κ3) is 3.33. The van der Waals surface area contributed by atoms with Gasteiger partial charge in [0, 0.05) is 22.3 Å². The third-order valence-corrected chi connectivity index (χ3v) is 3.32. The molecule has 0 spiro atoms. The maximum atomic E-state index is 11.4. The Morgan fingerprint density at radius 3 is 2.88 bits per heavy atom. The van der Waals surface area contributed by atoms with Crippen LogP contribution in [0, 0.1) is 11.3 Å². The largest absolute Gasteiger partial charge is 0.495 e. The number of nitrogens with zero attached hydrogens (tertiary/aromatic N) is 1. The standard InChI is InChI=1S/C11H13NO3S/c1-15-11-3-2-9(6-10(11)7-12)8-16(14)5-4-13/h2-3,6,13H,4-5,8H2,1H3/t16-/m1/s1. The van der Waals surface area contributed by atoms with Crippen LogP contribution in [0.4, 0.5) is 0 Å². The van der Waals surface area contributed by atoms with Gasteiger partial charge in [-0.3, -0.25) is 4.21 Å². The fraction of sp³-hybridized carbons (Fsp3) is 0.364. The summed E-state index contributed by atoms with van der Waals surface area (Å²) in [5, 5.41) is 17.5. The first-order chi connectivity index (χ1) is 7.71. The predicted octanol–water partition coefficient (Wildman–Crippen LogP) is 0.808. The van der Waals surface area contributed by atoms with Gasteiger partial charge in [-0.25, -0.2) is 0 Å². The molecule has 4 nitrogen and oxygen atoms in total. The molecule has 0 saturated heterocycles. The van der Waals surface area contributed by atoms with E-state index in [1.54, 1.807) is 18.2 Å². The maximum Gasteiger partial charge on any atom is 0.136 e. The Bertz CT molecular complexity index is 426. The van der Waals surface area contributed by atoms with Crippen molar-refractivity contribution in [1.29, 1.82) is 5.26 Å². The molecule has 0 aliphatic carbocycles. The Morgan fingerprint density at radius 1 is 1.56 bits per heavy atom. The highest BCUT2D eigenvalue weighted by atomic mass is 32.2. The Labute approximate surface area is 96.9 Å². The molecule has 0 aromatic heterocycles. The van der Waals surface area contributed by atoms with Crippen molar-refractivity contribution in [3.05, 3.63) is 29.3 Å². The van der Waals surface area contributed by atoms with E-state index in [2.05, 4.69) is 0 Å². The van der Waals surface area contributed by atoms with Gasteiger partial charge in [-0.1, -0.05) is 6.07 Å². The van der Waals surface area contributed by atoms with E-state index in [9.17, 15) is 4.21 Å². The molecular formula is C11H13NO3S. The van der Waals surface area contributed by atoms with Crippen molar-refractivity contribution >= 4 is 10.8 Å². The Balaban J connectivity index is 2.84. The highest BCUT2D eigenvalue weighted by Crippen LogP contribution is 2.19. The smallest absolute Gasteiger partial charge is 0.136 e. The number of hydrogen-bond acceptors (Lipinski definition) is 4. The second-order valence-corrected chi connectivity index (χ2v) is 4.73. The first-order valence-corrected chi connectivity index (χ1v) is 6.23. The molecule has 1 aromatic carbocycles. The van der Waals surface area contributed by atoms with Gasteiger partial charge < -0.3 is 9.84 Å². The summed E-state index contributed by atoms with van der Waals surface area (Å²) in [5.74, 6) is 1.12. The minimum atomic E-state index is -1.09. The van der Waals surface area contributed by atoms with Crippen molar-refractivity contribution in [1.82, 2.24) is 0 Å². The van der Waals surface area contributed by atoms with Gasteiger partial charge in [0.25, 0.3) is 0 Å². The zero-order valence-corrected chi connectivity index (χ0v) is 9.79. The van der Waals surface area contributed by atoms with E-state index in [0.717, 1.165) is 5.56 Å². The lowest BCUT2D eigenvalue weighted by Crippen LogP contribution is -2.04. The summed E-state index contributed by atoms with van der Waals surface area (Å²) in [6.07, 6.45) is 0. The second kappa shape index (κ2) is 6.26. The summed E-state index contributed by atoms with van der Waals surface area (Å²) in [4.78, 5) is 0. The molecule has 0 amide bonds. The molecule has 5 heteroatoms. The van der Waals surface area contributed by atoms with E-state index in [-0.39, 0.29) is 12.4 Å². The van der Waals surface area contributed by atoms with Crippen LogP contribution in [0.25, 0.3) is 0 Å². The van der Waals surface area contributed by atoms with Gasteiger partial charge >= 0.3 is 0 Å². The highest BCUT2D eigenvalue weighted by molar-refractivity contribution is 7.84. The van der Waals surface area contributed by atoms with Crippen LogP contribution >= 0.6 is 0 Å². The van der Waals surface area contributed by atoms with Gasteiger partial charge in [-0.05, 0) is 17.7 Å². The van der Waals surface area contributed by atoms with Gasteiger partial charge in [-0.15, -0.1) is 0 Å². The lowest BCUT2D eigenvalue weighted by Gasteiger charge is -2.05. The molecule has 1 aromatic rings. The minimum absolute atomic E-state index is 0.0894. The number of aliphatic hydroxyl groups excluding tert-OH is 1. The summed E-state index contributed by atoms with van der Waals surface area (Å²) in [7, 11) is 0.410. The molecule has 0 heterocycles. The number of rotatable bonds is 5. The van der Waals surface area contributed by atoms with E-state index >= 15 is 0 Å². The van der Waals surface area contributed by atoms with Gasteiger partial charge in [0.2, 0.25) is 0 Å². The van der Waals surface area contributed by atoms with Gasteiger partial charge in [0.1, 0.15) is 11.8 Å². The molecule has 0 fully saturated rings. The monoisotopic (exact) mass is 239 g/mol. The van der Waals surface area contributed by atoms with E-state index in [1.165, 1.54) is 7.11 Å². The highest BCUT2D eigenvalue weighted by Gasteiger charge is 2.06. The van der Waals surface area contributed by atoms with Gasteiger partial charge in [0.15, 0.2) is 0 Å². The molecule has 1 N–H and O–H groups in total. The number of nitriles is 1. The average Bonchev–Trinajstić information content (AvgIpc) is 2.29. The molecule has 1 atom stereocenters. The molecule has 0 unspecified atom stereocenters. The first kappa shape index (κ1) is 12.7. The van der Waals surface area contributed by atoms with Crippen molar-refractivity contribution in [2.24, 2.45) is 0 Å². The van der Waals surface area contributed by atoms with Crippen LogP contribution in [0.15, 0.2) is 18.2 Å². The second-order valence-electron chi connectivity index (χ2n) is 3.16. The number of aliphatic hydroxyl groups is 1. The summed E-state index contributed by atoms with van der Waals surface area (Å²) in [6.45, 7) is -0.0894. The normalized spacial score (nSPS) is 11.8. The lowest BCUT2D eigenvalue weighted by molar-refractivity contribution is 0.321. The van der Waals surface area contributed by atoms with Crippen molar-refractivity contribution in [3.63, 3.8) is 0 Å². The molecular weight excluding hydrogens is 226 g/mol. The number of benzene rings is 1. The topological polar surface area (TPSA) is 70.3 Å². The Kier molecular flexibility index (Phi) is 4.96. The Morgan fingerprint density at radius 2 is 2.31 bits per heavy atom. The summed E-state index contributed by atoms with van der Waals surface area (Å²) < 4.78 is 16.4. The number of hydrogen-bond donors (Lipinski definition) is 1. The molecule has 16 heavy (non-hydrogen) atoms. The SMILES string of the molecule is COc1ccc(C[S@](=O)CCO)cc1C#N. The van der Waals surface area contributed by atoms with Gasteiger partial charge in [-0.2, -0.15) is 5.26 Å². The van der Waals surface area contributed by atoms with E-state index in [1.807, 2.05) is 6.07 Å². The van der Waals surface area contributed by atoms with E-state index in [4.69, 9.17) is 15.1 Å². The van der Waals surface area contributed by atoms with E-state index < -0.39 is 10.8 Å². The summed E-state index contributed by atoms with van der Waals surface area (Å²) in [6, 6.07) is 7.14. The van der Waals surface area contributed by atoms with Crippen LogP contribution in [0.3, 0.4) is 0 Å². The quantitative estimate of drug-likeness (QED) is 0.825. The number of methoxy groups -OCH3 is 1. The van der Waals surface area contributed by atoms with E-state index in [0.29, 0.717) is 17.1 Å². The van der Waals surface area contributed by atoms with Crippen molar-refractivity contribution in [3.8, 4) is 11.8 Å². The minimum Gasteiger partial charge on any atom is -0.495 e. The molecule has 0 saturated carbocycles. The average molecular weight is 239 g/mol. The molecule has 1 rings (SSSR count). The molecule has 86 valence electrons. The van der Waals surface area contributed by atoms with Crippen LogP contribution in [-0.4, -0.2) is 28.8 Å². The molecule has 0 aliphatic heterocycles. The Hall–Kier alpha value is -1.38. The third-order valence-electron chi connectivity index (χ3n) is 2.03.